The van der Waals surface area contributed by atoms with Crippen LogP contribution < -0.4 is 15.4 Å². The van der Waals surface area contributed by atoms with Crippen molar-refractivity contribution in [1.82, 2.24) is 15.5 Å². The smallest absolute Gasteiger partial charge is 0.191 e. The normalized spacial score (nSPS) is 16.2. The summed E-state index contributed by atoms with van der Waals surface area (Å²) in [6, 6.07) is 6.24. The number of guanidine groups is 1. The first-order valence-corrected chi connectivity index (χ1v) is 9.95. The first-order valence-electron chi connectivity index (χ1n) is 9.95. The van der Waals surface area contributed by atoms with Gasteiger partial charge in [-0.25, -0.2) is 9.38 Å². The Kier molecular flexibility index (Phi) is 13.2. The zero-order valence-corrected chi connectivity index (χ0v) is 19.3. The highest BCUT2D eigenvalue weighted by molar-refractivity contribution is 14.0. The predicted molar refractivity (Wildman–Crippen MR) is 122 cm³/mol. The van der Waals surface area contributed by atoms with E-state index < -0.39 is 0 Å². The molecule has 1 saturated heterocycles. The lowest BCUT2D eigenvalue weighted by Crippen LogP contribution is -2.41. The van der Waals surface area contributed by atoms with Crippen LogP contribution in [-0.2, 0) is 4.74 Å². The van der Waals surface area contributed by atoms with Gasteiger partial charge in [-0.15, -0.1) is 24.0 Å². The van der Waals surface area contributed by atoms with Crippen molar-refractivity contribution in [2.24, 2.45) is 4.99 Å². The van der Waals surface area contributed by atoms with Gasteiger partial charge in [0.2, 0.25) is 0 Å². The number of aliphatic imine (C=N–C) groups is 1. The third kappa shape index (κ3) is 9.88. The molecule has 2 rings (SSSR count). The van der Waals surface area contributed by atoms with Gasteiger partial charge >= 0.3 is 0 Å². The Morgan fingerprint density at radius 2 is 2.07 bits per heavy atom. The fourth-order valence-electron chi connectivity index (χ4n) is 2.85. The van der Waals surface area contributed by atoms with Crippen LogP contribution in [0.4, 0.5) is 4.39 Å². The number of rotatable bonds is 10. The van der Waals surface area contributed by atoms with Crippen LogP contribution in [0.3, 0.4) is 0 Å². The molecule has 1 unspecified atom stereocenters. The lowest BCUT2D eigenvalue weighted by atomic mass is 10.2. The standard InChI is InChI=1S/C20H33FN4O2.HI/c1-3-18(27-19-8-5-7-17(21)15-19)16-24-20(22-4-2)23-9-6-10-25-11-13-26-14-12-25;/h5,7-8,15,18H,3-4,6,9-14,16H2,1-2H3,(H2,22,23,24);1H. The molecule has 8 heteroatoms. The molecule has 0 aliphatic carbocycles. The fraction of sp³-hybridized carbons (Fsp3) is 0.650. The highest BCUT2D eigenvalue weighted by Crippen LogP contribution is 2.15. The molecule has 1 aliphatic heterocycles. The Morgan fingerprint density at radius 1 is 1.29 bits per heavy atom. The quantitative estimate of drug-likeness (QED) is 0.220. The first-order chi connectivity index (χ1) is 13.2. The number of ether oxygens (including phenoxy) is 2. The molecule has 6 nitrogen and oxygen atoms in total. The van der Waals surface area contributed by atoms with Crippen LogP contribution in [0.2, 0.25) is 0 Å². The van der Waals surface area contributed by atoms with Gasteiger partial charge in [-0.1, -0.05) is 13.0 Å². The number of morpholine rings is 1. The summed E-state index contributed by atoms with van der Waals surface area (Å²) < 4.78 is 24.5. The second-order valence-corrected chi connectivity index (χ2v) is 6.56. The average molecular weight is 508 g/mol. The van der Waals surface area contributed by atoms with Crippen LogP contribution in [0.5, 0.6) is 5.75 Å². The Hall–Kier alpha value is -1.13. The molecule has 1 aliphatic rings. The van der Waals surface area contributed by atoms with Crippen molar-refractivity contribution in [3.8, 4) is 5.75 Å². The molecule has 0 saturated carbocycles. The Labute approximate surface area is 185 Å². The van der Waals surface area contributed by atoms with Crippen molar-refractivity contribution in [3.05, 3.63) is 30.1 Å². The lowest BCUT2D eigenvalue weighted by molar-refractivity contribution is 0.0376. The highest BCUT2D eigenvalue weighted by atomic mass is 127. The first kappa shape index (κ1) is 24.9. The van der Waals surface area contributed by atoms with E-state index >= 15 is 0 Å². The van der Waals surface area contributed by atoms with Crippen LogP contribution >= 0.6 is 24.0 Å². The molecule has 0 radical (unpaired) electrons. The molecule has 1 heterocycles. The summed E-state index contributed by atoms with van der Waals surface area (Å²) in [6.45, 7) is 11.0. The molecule has 1 fully saturated rings. The molecule has 0 aromatic heterocycles. The van der Waals surface area contributed by atoms with E-state index in [-0.39, 0.29) is 35.9 Å². The van der Waals surface area contributed by atoms with E-state index in [1.165, 1.54) is 12.1 Å². The van der Waals surface area contributed by atoms with Gasteiger partial charge in [0.25, 0.3) is 0 Å². The summed E-state index contributed by atoms with van der Waals surface area (Å²) >= 11 is 0. The molecule has 28 heavy (non-hydrogen) atoms. The van der Waals surface area contributed by atoms with Crippen molar-refractivity contribution in [3.63, 3.8) is 0 Å². The van der Waals surface area contributed by atoms with E-state index in [1.54, 1.807) is 12.1 Å². The molecular weight excluding hydrogens is 474 g/mol. The van der Waals surface area contributed by atoms with Crippen molar-refractivity contribution in [1.29, 1.82) is 0 Å². The van der Waals surface area contributed by atoms with Crippen LogP contribution in [0, 0.1) is 5.82 Å². The van der Waals surface area contributed by atoms with Crippen LogP contribution in [0.15, 0.2) is 29.3 Å². The Balaban J connectivity index is 0.00000392. The van der Waals surface area contributed by atoms with Crippen LogP contribution in [0.1, 0.15) is 26.7 Å². The van der Waals surface area contributed by atoms with Crippen LogP contribution in [-0.4, -0.2) is 69.4 Å². The minimum atomic E-state index is -0.291. The maximum absolute atomic E-state index is 13.3. The van der Waals surface area contributed by atoms with E-state index in [1.807, 2.05) is 13.8 Å². The summed E-state index contributed by atoms with van der Waals surface area (Å²) in [5.41, 5.74) is 0. The van der Waals surface area contributed by atoms with E-state index in [9.17, 15) is 4.39 Å². The van der Waals surface area contributed by atoms with E-state index in [0.29, 0.717) is 12.3 Å². The number of benzene rings is 1. The monoisotopic (exact) mass is 508 g/mol. The highest BCUT2D eigenvalue weighted by Gasteiger charge is 2.11. The summed E-state index contributed by atoms with van der Waals surface area (Å²) in [5.74, 6) is 1.04. The van der Waals surface area contributed by atoms with Gasteiger partial charge in [0.1, 0.15) is 17.7 Å². The Bertz CT molecular complexity index is 571. The predicted octanol–water partition coefficient (Wildman–Crippen LogP) is 2.88. The molecule has 1 aromatic carbocycles. The second-order valence-electron chi connectivity index (χ2n) is 6.56. The zero-order chi connectivity index (χ0) is 19.3. The number of nitrogens with zero attached hydrogens (tertiary/aromatic N) is 2. The van der Waals surface area contributed by atoms with Gasteiger partial charge < -0.3 is 20.1 Å². The third-order valence-electron chi connectivity index (χ3n) is 4.40. The van der Waals surface area contributed by atoms with Crippen molar-refractivity contribution >= 4 is 29.9 Å². The molecule has 1 aromatic rings. The zero-order valence-electron chi connectivity index (χ0n) is 17.0. The maximum Gasteiger partial charge on any atom is 0.191 e. The summed E-state index contributed by atoms with van der Waals surface area (Å²) in [6.07, 6.45) is 1.77. The van der Waals surface area contributed by atoms with Crippen LogP contribution in [0.25, 0.3) is 0 Å². The SMILES string of the molecule is CCNC(=NCC(CC)Oc1cccc(F)c1)NCCCN1CCOCC1.I. The second kappa shape index (κ2) is 14.8. The minimum absolute atomic E-state index is 0. The molecule has 0 spiro atoms. The summed E-state index contributed by atoms with van der Waals surface area (Å²) in [4.78, 5) is 7.06. The van der Waals surface area contributed by atoms with Crippen molar-refractivity contribution in [2.75, 3.05) is 52.5 Å². The van der Waals surface area contributed by atoms with E-state index in [0.717, 1.165) is 64.7 Å². The molecule has 2 N–H and O–H groups in total. The van der Waals surface area contributed by atoms with Gasteiger partial charge in [0, 0.05) is 32.2 Å². The number of halogens is 2. The molecule has 0 amide bonds. The third-order valence-corrected chi connectivity index (χ3v) is 4.40. The minimum Gasteiger partial charge on any atom is -0.488 e. The molecule has 160 valence electrons. The molecule has 0 bridgehead atoms. The largest absolute Gasteiger partial charge is 0.488 e. The van der Waals surface area contributed by atoms with Gasteiger partial charge in [-0.2, -0.15) is 0 Å². The fourth-order valence-corrected chi connectivity index (χ4v) is 2.85. The topological polar surface area (TPSA) is 58.1 Å². The molecular formula is C20H34FIN4O2. The number of hydrogen-bond donors (Lipinski definition) is 2. The summed E-state index contributed by atoms with van der Waals surface area (Å²) in [5, 5.41) is 6.64. The maximum atomic E-state index is 13.3. The molecule has 1 atom stereocenters. The van der Waals surface area contributed by atoms with Gasteiger partial charge in [-0.3, -0.25) is 4.90 Å². The number of nitrogens with one attached hydrogen (secondary N) is 2. The average Bonchev–Trinajstić information content (AvgIpc) is 2.69. The van der Waals surface area contributed by atoms with Crippen molar-refractivity contribution in [2.45, 2.75) is 32.8 Å². The Morgan fingerprint density at radius 3 is 2.75 bits per heavy atom. The van der Waals surface area contributed by atoms with Gasteiger partial charge in [-0.05, 0) is 38.4 Å². The lowest BCUT2D eigenvalue weighted by Gasteiger charge is -2.26. The van der Waals surface area contributed by atoms with E-state index in [4.69, 9.17) is 9.47 Å². The summed E-state index contributed by atoms with van der Waals surface area (Å²) in [7, 11) is 0. The van der Waals surface area contributed by atoms with E-state index in [2.05, 4.69) is 20.5 Å². The van der Waals surface area contributed by atoms with Gasteiger partial charge in [0.15, 0.2) is 5.96 Å². The van der Waals surface area contributed by atoms with Crippen molar-refractivity contribution < 1.29 is 13.9 Å². The number of hydrogen-bond acceptors (Lipinski definition) is 4. The van der Waals surface area contributed by atoms with Gasteiger partial charge in [0.05, 0.1) is 19.8 Å².